The Hall–Kier alpha value is -1.31. The van der Waals surface area contributed by atoms with Crippen molar-refractivity contribution in [3.05, 3.63) is 70.2 Å². The second kappa shape index (κ2) is 4.91. The highest BCUT2D eigenvalue weighted by Gasteiger charge is 2.36. The van der Waals surface area contributed by atoms with Crippen LogP contribution < -0.4 is 0 Å². The lowest BCUT2D eigenvalue weighted by molar-refractivity contribution is 0.230. The van der Waals surface area contributed by atoms with Crippen LogP contribution in [-0.4, -0.2) is 18.0 Å². The van der Waals surface area contributed by atoms with E-state index in [2.05, 4.69) is 47.4 Å². The minimum Gasteiger partial charge on any atom is -0.295 e. The van der Waals surface area contributed by atoms with Crippen LogP contribution in [0.4, 0.5) is 0 Å². The topological polar surface area (TPSA) is 3.24 Å². The van der Waals surface area contributed by atoms with E-state index in [1.54, 1.807) is 0 Å². The van der Waals surface area contributed by atoms with Crippen molar-refractivity contribution in [2.75, 3.05) is 13.1 Å². The van der Waals surface area contributed by atoms with Gasteiger partial charge in [0.2, 0.25) is 0 Å². The number of nitrogens with zero attached hydrogens (tertiary/aromatic N) is 1. The molecule has 2 heteroatoms. The lowest BCUT2D eigenvalue weighted by Gasteiger charge is -2.37. The summed E-state index contributed by atoms with van der Waals surface area (Å²) < 4.78 is 0. The van der Waals surface area contributed by atoms with Gasteiger partial charge in [0.05, 0.1) is 0 Å². The van der Waals surface area contributed by atoms with E-state index in [1.165, 1.54) is 36.1 Å². The lowest BCUT2D eigenvalue weighted by Crippen LogP contribution is -2.34. The number of fused-ring (bicyclic) bond motifs is 3. The van der Waals surface area contributed by atoms with Gasteiger partial charge < -0.3 is 0 Å². The molecule has 1 fully saturated rings. The molecule has 0 saturated carbocycles. The van der Waals surface area contributed by atoms with Crippen molar-refractivity contribution in [3.8, 4) is 0 Å². The minimum absolute atomic E-state index is 0.458. The molecule has 0 bridgehead atoms. The molecule has 2 aliphatic heterocycles. The quantitative estimate of drug-likeness (QED) is 0.738. The van der Waals surface area contributed by atoms with Gasteiger partial charge in [0.25, 0.3) is 0 Å². The van der Waals surface area contributed by atoms with Gasteiger partial charge in [0.15, 0.2) is 0 Å². The van der Waals surface area contributed by atoms with Crippen LogP contribution in [0.5, 0.6) is 0 Å². The normalized spacial score (nSPS) is 25.2. The fourth-order valence-corrected chi connectivity index (χ4v) is 4.07. The lowest BCUT2D eigenvalue weighted by atomic mass is 9.82. The van der Waals surface area contributed by atoms with Crippen LogP contribution in [0.3, 0.4) is 0 Å². The Morgan fingerprint density at radius 2 is 1.85 bits per heavy atom. The Morgan fingerprint density at radius 1 is 1.00 bits per heavy atom. The molecule has 0 aromatic heterocycles. The van der Waals surface area contributed by atoms with Crippen molar-refractivity contribution in [1.82, 2.24) is 4.90 Å². The van der Waals surface area contributed by atoms with Crippen molar-refractivity contribution < 1.29 is 0 Å². The Bertz CT molecular complexity index is 637. The first-order valence-corrected chi connectivity index (χ1v) is 7.79. The van der Waals surface area contributed by atoms with E-state index in [4.69, 9.17) is 11.6 Å². The first-order chi connectivity index (χ1) is 9.83. The average molecular weight is 284 g/mol. The summed E-state index contributed by atoms with van der Waals surface area (Å²) in [6, 6.07) is 18.0. The molecule has 0 amide bonds. The van der Waals surface area contributed by atoms with Crippen LogP contribution in [0, 0.1) is 0 Å². The zero-order chi connectivity index (χ0) is 13.5. The maximum Gasteiger partial charge on any atom is 0.0408 e. The Kier molecular flexibility index (Phi) is 3.05. The summed E-state index contributed by atoms with van der Waals surface area (Å²) >= 11 is 6.19. The molecule has 1 nitrogen and oxygen atoms in total. The molecule has 2 aromatic rings. The second-order valence-electron chi connectivity index (χ2n) is 5.89. The highest BCUT2D eigenvalue weighted by atomic mass is 35.5. The molecule has 2 atom stereocenters. The van der Waals surface area contributed by atoms with E-state index in [0.717, 1.165) is 11.6 Å². The van der Waals surface area contributed by atoms with Crippen LogP contribution in [0.15, 0.2) is 48.5 Å². The van der Waals surface area contributed by atoms with E-state index in [9.17, 15) is 0 Å². The van der Waals surface area contributed by atoms with Gasteiger partial charge in [-0.2, -0.15) is 0 Å². The molecule has 0 N–H and O–H groups in total. The van der Waals surface area contributed by atoms with E-state index in [0.29, 0.717) is 12.0 Å². The first-order valence-electron chi connectivity index (χ1n) is 7.41. The molecule has 20 heavy (non-hydrogen) atoms. The van der Waals surface area contributed by atoms with Crippen LogP contribution in [0.1, 0.15) is 41.5 Å². The Labute approximate surface area is 125 Å². The third kappa shape index (κ3) is 1.97. The third-order valence-electron chi connectivity index (χ3n) is 4.76. The zero-order valence-corrected chi connectivity index (χ0v) is 12.2. The van der Waals surface area contributed by atoms with Crippen molar-refractivity contribution in [2.24, 2.45) is 0 Å². The standard InChI is InChI=1S/C18H18ClN/c19-14-6-3-5-13(11-14)17-12-20-10-4-9-18(20)16-8-2-1-7-15(16)17/h1-3,5-8,11,17-18H,4,9-10,12H2/t17-,18-/m0/s1. The fourth-order valence-electron chi connectivity index (χ4n) is 3.87. The Balaban J connectivity index is 1.83. The third-order valence-corrected chi connectivity index (χ3v) is 5.00. The summed E-state index contributed by atoms with van der Waals surface area (Å²) in [6.07, 6.45) is 2.63. The average Bonchev–Trinajstić information content (AvgIpc) is 2.95. The summed E-state index contributed by atoms with van der Waals surface area (Å²) in [5.41, 5.74) is 4.37. The molecule has 102 valence electrons. The predicted octanol–water partition coefficient (Wildman–Crippen LogP) is 4.62. The zero-order valence-electron chi connectivity index (χ0n) is 11.4. The summed E-state index contributed by atoms with van der Waals surface area (Å²) in [7, 11) is 0. The van der Waals surface area contributed by atoms with Gasteiger partial charge in [0.1, 0.15) is 0 Å². The van der Waals surface area contributed by atoms with E-state index < -0.39 is 0 Å². The van der Waals surface area contributed by atoms with Crippen LogP contribution in [0.2, 0.25) is 5.02 Å². The monoisotopic (exact) mass is 283 g/mol. The first kappa shape index (κ1) is 12.4. The van der Waals surface area contributed by atoms with Gasteiger partial charge in [-0.1, -0.05) is 48.0 Å². The highest BCUT2D eigenvalue weighted by molar-refractivity contribution is 6.30. The van der Waals surface area contributed by atoms with Crippen LogP contribution in [0.25, 0.3) is 0 Å². The van der Waals surface area contributed by atoms with Gasteiger partial charge >= 0.3 is 0 Å². The fraction of sp³-hybridized carbons (Fsp3) is 0.333. The van der Waals surface area contributed by atoms with Gasteiger partial charge in [-0.3, -0.25) is 4.90 Å². The molecule has 2 heterocycles. The number of benzene rings is 2. The van der Waals surface area contributed by atoms with Crippen molar-refractivity contribution >= 4 is 11.6 Å². The van der Waals surface area contributed by atoms with Crippen molar-refractivity contribution in [3.63, 3.8) is 0 Å². The maximum absolute atomic E-state index is 6.19. The summed E-state index contributed by atoms with van der Waals surface area (Å²) in [6.45, 7) is 2.36. The molecule has 0 aliphatic carbocycles. The number of hydrogen-bond donors (Lipinski definition) is 0. The SMILES string of the molecule is Clc1cccc([C@@H]2CN3CCC[C@H]3c3ccccc32)c1. The van der Waals surface area contributed by atoms with Gasteiger partial charge in [-0.25, -0.2) is 0 Å². The number of hydrogen-bond acceptors (Lipinski definition) is 1. The van der Waals surface area contributed by atoms with Gasteiger partial charge in [-0.15, -0.1) is 0 Å². The molecule has 0 unspecified atom stereocenters. The molecule has 2 aliphatic rings. The number of halogens is 1. The minimum atomic E-state index is 0.458. The summed E-state index contributed by atoms with van der Waals surface area (Å²) in [4.78, 5) is 2.65. The smallest absolute Gasteiger partial charge is 0.0408 e. The largest absolute Gasteiger partial charge is 0.295 e. The van der Waals surface area contributed by atoms with Gasteiger partial charge in [-0.05, 0) is 48.2 Å². The van der Waals surface area contributed by atoms with E-state index in [1.807, 2.05) is 6.07 Å². The molecular formula is C18H18ClN. The highest BCUT2D eigenvalue weighted by Crippen LogP contribution is 2.44. The molecule has 4 rings (SSSR count). The van der Waals surface area contributed by atoms with Crippen LogP contribution in [-0.2, 0) is 0 Å². The van der Waals surface area contributed by atoms with Crippen LogP contribution >= 0.6 is 11.6 Å². The van der Waals surface area contributed by atoms with Crippen molar-refractivity contribution in [1.29, 1.82) is 0 Å². The summed E-state index contributed by atoms with van der Waals surface area (Å²) in [5, 5.41) is 0.837. The molecule has 1 saturated heterocycles. The predicted molar refractivity (Wildman–Crippen MR) is 83.3 cm³/mol. The van der Waals surface area contributed by atoms with Gasteiger partial charge in [0, 0.05) is 23.5 Å². The molecular weight excluding hydrogens is 266 g/mol. The van der Waals surface area contributed by atoms with E-state index >= 15 is 0 Å². The molecule has 0 radical (unpaired) electrons. The van der Waals surface area contributed by atoms with E-state index in [-0.39, 0.29) is 0 Å². The number of rotatable bonds is 1. The maximum atomic E-state index is 6.19. The van der Waals surface area contributed by atoms with Crippen molar-refractivity contribution in [2.45, 2.75) is 24.8 Å². The second-order valence-corrected chi connectivity index (χ2v) is 6.33. The Morgan fingerprint density at radius 3 is 2.70 bits per heavy atom. The molecule has 2 aromatic carbocycles. The molecule has 0 spiro atoms. The summed E-state index contributed by atoms with van der Waals surface area (Å²) in [5.74, 6) is 0.458.